The Hall–Kier alpha value is -2.80. The maximum atomic E-state index is 10.9. The number of benzene rings is 2. The van der Waals surface area contributed by atoms with Gasteiger partial charge in [0.25, 0.3) is 0 Å². The Morgan fingerprint density at radius 3 is 2.44 bits per heavy atom. The van der Waals surface area contributed by atoms with Crippen molar-refractivity contribution >= 4 is 17.7 Å². The molecule has 0 aliphatic rings. The van der Waals surface area contributed by atoms with Crippen LogP contribution >= 0.6 is 11.8 Å². The molecule has 0 radical (unpaired) electrons. The van der Waals surface area contributed by atoms with Gasteiger partial charge in [0.2, 0.25) is 0 Å². The van der Waals surface area contributed by atoms with E-state index in [-0.39, 0.29) is 17.5 Å². The summed E-state index contributed by atoms with van der Waals surface area (Å²) in [6.45, 7) is 2.02. The van der Waals surface area contributed by atoms with Crippen LogP contribution in [0.2, 0.25) is 0 Å². The molecule has 2 aromatic carbocycles. The fraction of sp³-hybridized carbons (Fsp3) is 0.167. The van der Waals surface area contributed by atoms with E-state index in [4.69, 9.17) is 5.11 Å². The molecule has 0 bridgehead atoms. The first-order valence-corrected chi connectivity index (χ1v) is 8.68. The van der Waals surface area contributed by atoms with Crippen LogP contribution in [0.15, 0.2) is 59.8 Å². The van der Waals surface area contributed by atoms with E-state index in [1.54, 1.807) is 24.3 Å². The highest BCUT2D eigenvalue weighted by Crippen LogP contribution is 2.31. The lowest BCUT2D eigenvalue weighted by atomic mass is 10.1. The lowest BCUT2D eigenvalue weighted by Gasteiger charge is -2.18. The van der Waals surface area contributed by atoms with E-state index in [1.807, 2.05) is 41.8 Å². The van der Waals surface area contributed by atoms with Gasteiger partial charge in [0.05, 0.1) is 11.8 Å². The number of carbonyl (C=O) groups is 1. The van der Waals surface area contributed by atoms with Gasteiger partial charge in [-0.3, -0.25) is 9.36 Å². The molecule has 2 N–H and O–H groups in total. The van der Waals surface area contributed by atoms with Crippen molar-refractivity contribution in [3.8, 4) is 17.1 Å². The predicted molar refractivity (Wildman–Crippen MR) is 95.7 cm³/mol. The third-order valence-electron chi connectivity index (χ3n) is 3.78. The average Bonchev–Trinajstić information content (AvgIpc) is 3.04. The third kappa shape index (κ3) is 3.83. The standard InChI is InChI=1S/C18H17N3O3S/c1-12(13-5-3-2-4-6-13)21-17(14-7-9-15(22)10-8-14)19-20-18(21)25-11-16(23)24/h2-10,12,22H,11H2,1H3,(H,23,24). The minimum Gasteiger partial charge on any atom is -0.508 e. The molecule has 0 spiro atoms. The Labute approximate surface area is 149 Å². The molecule has 0 saturated heterocycles. The van der Waals surface area contributed by atoms with Gasteiger partial charge < -0.3 is 10.2 Å². The Balaban J connectivity index is 2.06. The van der Waals surface area contributed by atoms with Crippen molar-refractivity contribution in [2.24, 2.45) is 0 Å². The van der Waals surface area contributed by atoms with Crippen molar-refractivity contribution in [3.63, 3.8) is 0 Å². The van der Waals surface area contributed by atoms with Gasteiger partial charge in [-0.1, -0.05) is 42.1 Å². The van der Waals surface area contributed by atoms with E-state index in [0.717, 1.165) is 22.9 Å². The molecular formula is C18H17N3O3S. The van der Waals surface area contributed by atoms with E-state index in [2.05, 4.69) is 10.2 Å². The average molecular weight is 355 g/mol. The van der Waals surface area contributed by atoms with Crippen molar-refractivity contribution < 1.29 is 15.0 Å². The fourth-order valence-corrected chi connectivity index (χ4v) is 3.27. The van der Waals surface area contributed by atoms with E-state index in [0.29, 0.717) is 11.0 Å². The van der Waals surface area contributed by atoms with Crippen LogP contribution in [0.5, 0.6) is 5.75 Å². The van der Waals surface area contributed by atoms with Gasteiger partial charge >= 0.3 is 5.97 Å². The minimum atomic E-state index is -0.905. The van der Waals surface area contributed by atoms with Crippen molar-refractivity contribution in [3.05, 3.63) is 60.2 Å². The summed E-state index contributed by atoms with van der Waals surface area (Å²) in [6.07, 6.45) is 0. The number of nitrogens with zero attached hydrogens (tertiary/aromatic N) is 3. The molecule has 1 unspecified atom stereocenters. The molecule has 1 aromatic heterocycles. The Morgan fingerprint density at radius 1 is 1.12 bits per heavy atom. The number of phenols is 1. The predicted octanol–water partition coefficient (Wildman–Crippen LogP) is 3.44. The minimum absolute atomic E-state index is 0.0729. The summed E-state index contributed by atoms with van der Waals surface area (Å²) in [5, 5.41) is 27.5. The van der Waals surface area contributed by atoms with Gasteiger partial charge in [0.1, 0.15) is 5.75 Å². The monoisotopic (exact) mass is 355 g/mol. The van der Waals surface area contributed by atoms with Crippen LogP contribution in [0.1, 0.15) is 18.5 Å². The molecule has 0 aliphatic heterocycles. The number of hydrogen-bond acceptors (Lipinski definition) is 5. The zero-order valence-electron chi connectivity index (χ0n) is 13.5. The molecule has 0 saturated carbocycles. The Kier molecular flexibility index (Phi) is 5.04. The van der Waals surface area contributed by atoms with Crippen molar-refractivity contribution in [1.29, 1.82) is 0 Å². The number of aromatic nitrogens is 3. The van der Waals surface area contributed by atoms with E-state index in [1.165, 1.54) is 0 Å². The van der Waals surface area contributed by atoms with E-state index in [9.17, 15) is 9.90 Å². The molecule has 128 valence electrons. The summed E-state index contributed by atoms with van der Waals surface area (Å²) in [7, 11) is 0. The van der Waals surface area contributed by atoms with Crippen LogP contribution in [0.25, 0.3) is 11.4 Å². The van der Waals surface area contributed by atoms with Crippen LogP contribution < -0.4 is 0 Å². The van der Waals surface area contributed by atoms with Gasteiger partial charge in [-0.25, -0.2) is 0 Å². The van der Waals surface area contributed by atoms with Crippen molar-refractivity contribution in [1.82, 2.24) is 14.8 Å². The van der Waals surface area contributed by atoms with Gasteiger partial charge in [-0.15, -0.1) is 10.2 Å². The quantitative estimate of drug-likeness (QED) is 0.659. The first kappa shape index (κ1) is 17.0. The smallest absolute Gasteiger partial charge is 0.313 e. The summed E-state index contributed by atoms with van der Waals surface area (Å²) in [4.78, 5) is 10.9. The summed E-state index contributed by atoms with van der Waals surface area (Å²) in [5.74, 6) is -0.191. The van der Waals surface area contributed by atoms with Gasteiger partial charge in [0.15, 0.2) is 11.0 Å². The lowest BCUT2D eigenvalue weighted by molar-refractivity contribution is -0.133. The van der Waals surface area contributed by atoms with Crippen molar-refractivity contribution in [2.45, 2.75) is 18.1 Å². The molecule has 3 aromatic rings. The lowest BCUT2D eigenvalue weighted by Crippen LogP contribution is -2.11. The van der Waals surface area contributed by atoms with Gasteiger partial charge in [-0.05, 0) is 36.8 Å². The zero-order chi connectivity index (χ0) is 17.8. The second-order valence-electron chi connectivity index (χ2n) is 5.49. The number of rotatable bonds is 6. The van der Waals surface area contributed by atoms with Crippen LogP contribution in [0.3, 0.4) is 0 Å². The molecule has 25 heavy (non-hydrogen) atoms. The van der Waals surface area contributed by atoms with Crippen LogP contribution in [-0.4, -0.2) is 36.7 Å². The van der Waals surface area contributed by atoms with Crippen LogP contribution in [0, 0.1) is 0 Å². The summed E-state index contributed by atoms with van der Waals surface area (Å²) >= 11 is 1.14. The number of hydrogen-bond donors (Lipinski definition) is 2. The molecule has 3 rings (SSSR count). The summed E-state index contributed by atoms with van der Waals surface area (Å²) < 4.78 is 1.93. The van der Waals surface area contributed by atoms with Crippen LogP contribution in [-0.2, 0) is 4.79 Å². The molecule has 6 nitrogen and oxygen atoms in total. The Bertz CT molecular complexity index is 863. The largest absolute Gasteiger partial charge is 0.508 e. The highest BCUT2D eigenvalue weighted by atomic mass is 32.2. The molecule has 0 aliphatic carbocycles. The van der Waals surface area contributed by atoms with Gasteiger partial charge in [-0.2, -0.15) is 0 Å². The van der Waals surface area contributed by atoms with Gasteiger partial charge in [0, 0.05) is 5.56 Å². The second kappa shape index (κ2) is 7.40. The molecule has 0 fully saturated rings. The molecular weight excluding hydrogens is 338 g/mol. The normalized spacial score (nSPS) is 12.0. The maximum Gasteiger partial charge on any atom is 0.313 e. The summed E-state index contributed by atoms with van der Waals surface area (Å²) in [5.41, 5.74) is 1.87. The number of thioether (sulfide) groups is 1. The highest BCUT2D eigenvalue weighted by molar-refractivity contribution is 7.99. The number of carboxylic acids is 1. The first-order chi connectivity index (χ1) is 12.1. The maximum absolute atomic E-state index is 10.9. The van der Waals surface area contributed by atoms with Crippen molar-refractivity contribution in [2.75, 3.05) is 5.75 Å². The SMILES string of the molecule is CC(c1ccccc1)n1c(SCC(=O)O)nnc1-c1ccc(O)cc1. The highest BCUT2D eigenvalue weighted by Gasteiger charge is 2.21. The summed E-state index contributed by atoms with van der Waals surface area (Å²) in [6, 6.07) is 16.5. The number of carboxylic acid groups (broad SMARTS) is 1. The topological polar surface area (TPSA) is 88.2 Å². The molecule has 7 heteroatoms. The van der Waals surface area contributed by atoms with E-state index < -0.39 is 5.97 Å². The van der Waals surface area contributed by atoms with Crippen LogP contribution in [0.4, 0.5) is 0 Å². The Morgan fingerprint density at radius 2 is 1.80 bits per heavy atom. The molecule has 0 amide bonds. The fourth-order valence-electron chi connectivity index (χ4n) is 2.54. The number of aromatic hydroxyl groups is 1. The first-order valence-electron chi connectivity index (χ1n) is 7.70. The third-order valence-corrected chi connectivity index (χ3v) is 4.71. The second-order valence-corrected chi connectivity index (χ2v) is 6.43. The molecule has 1 heterocycles. The zero-order valence-corrected chi connectivity index (χ0v) is 14.3. The number of aliphatic carboxylic acids is 1. The molecule has 1 atom stereocenters. The number of phenolic OH excluding ortho intramolecular Hbond substituents is 1. The van der Waals surface area contributed by atoms with E-state index >= 15 is 0 Å².